The van der Waals surface area contributed by atoms with Gasteiger partial charge in [-0.15, -0.1) is 0 Å². The van der Waals surface area contributed by atoms with Crippen LogP contribution in [0.1, 0.15) is 335 Å². The van der Waals surface area contributed by atoms with Crippen molar-refractivity contribution in [2.45, 2.75) is 341 Å². The molecule has 0 N–H and O–H groups in total. The van der Waals surface area contributed by atoms with Crippen molar-refractivity contribution in [3.05, 3.63) is 109 Å². The molecule has 1 atom stereocenters. The van der Waals surface area contributed by atoms with Crippen molar-refractivity contribution >= 4 is 17.9 Å². The highest BCUT2D eigenvalue weighted by atomic mass is 16.6. The first-order chi connectivity index (χ1) is 40.5. The number of hydrogen-bond donors (Lipinski definition) is 0. The van der Waals surface area contributed by atoms with Gasteiger partial charge in [0, 0.05) is 19.3 Å². The van der Waals surface area contributed by atoms with Crippen molar-refractivity contribution in [1.82, 2.24) is 0 Å². The highest BCUT2D eigenvalue weighted by Gasteiger charge is 2.19. The molecule has 6 nitrogen and oxygen atoms in total. The van der Waals surface area contributed by atoms with Gasteiger partial charge in [-0.3, -0.25) is 14.4 Å². The normalized spacial score (nSPS) is 12.8. The van der Waals surface area contributed by atoms with E-state index < -0.39 is 6.10 Å². The second-order valence-electron chi connectivity index (χ2n) is 23.1. The van der Waals surface area contributed by atoms with Gasteiger partial charge in [-0.05, 0) is 83.5 Å². The number of esters is 3. The smallest absolute Gasteiger partial charge is 0.306 e. The van der Waals surface area contributed by atoms with Gasteiger partial charge in [0.05, 0.1) is 0 Å². The van der Waals surface area contributed by atoms with Crippen LogP contribution in [-0.2, 0) is 28.6 Å². The SMILES string of the molecule is CC/C=C\C/C=C\C/C=C\C/C=C\C/C=C\C/C=C\C/C=C\C/C=C\C/C=C\CCCC(=O)OCC(COC(=O)CCCCCCCCCCCCCC)OC(=O)CCCCCCCCCCCCCCCCCCCCCCCCC. The minimum atomic E-state index is -0.801. The minimum absolute atomic E-state index is 0.0922. The summed E-state index contributed by atoms with van der Waals surface area (Å²) in [6.07, 6.45) is 95.5. The van der Waals surface area contributed by atoms with Crippen LogP contribution in [0.5, 0.6) is 0 Å². The van der Waals surface area contributed by atoms with Crippen molar-refractivity contribution in [3.8, 4) is 0 Å². The zero-order valence-electron chi connectivity index (χ0n) is 54.0. The highest BCUT2D eigenvalue weighted by molar-refractivity contribution is 5.71. The monoisotopic (exact) mass is 1140 g/mol. The van der Waals surface area contributed by atoms with Gasteiger partial charge < -0.3 is 14.2 Å². The lowest BCUT2D eigenvalue weighted by molar-refractivity contribution is -0.167. The summed E-state index contributed by atoms with van der Waals surface area (Å²) in [4.78, 5) is 38.4. The lowest BCUT2D eigenvalue weighted by atomic mass is 10.0. The molecule has 1 unspecified atom stereocenters. The largest absolute Gasteiger partial charge is 0.462 e. The Kier molecular flexibility index (Phi) is 66.2. The maximum absolute atomic E-state index is 12.9. The second-order valence-corrected chi connectivity index (χ2v) is 23.1. The van der Waals surface area contributed by atoms with Gasteiger partial charge in [-0.25, -0.2) is 0 Å². The lowest BCUT2D eigenvalue weighted by Gasteiger charge is -2.18. The standard InChI is InChI=1S/C76H130O6/c1-4-7-10-13-16-19-22-25-27-29-31-33-35-36-37-38-39-40-42-43-45-47-49-51-54-57-60-63-66-69-75(78)81-72-73(71-80-74(77)68-65-62-59-56-53-24-21-18-15-12-9-6-3)82-76(79)70-67-64-61-58-55-52-50-48-46-44-41-34-32-30-28-26-23-20-17-14-11-8-5-2/h7,10,16,19,25,27,31,33,36-37,39-40,43,45,49,51,57,60,73H,4-6,8-9,11-15,17-18,20-24,26,28-30,32,34-35,38,41-42,44,46-48,50,52-56,58-59,61-72H2,1-3H3/b10-7-,19-16-,27-25-,33-31-,37-36-,40-39-,45-43-,51-49-,60-57-. The van der Waals surface area contributed by atoms with Crippen molar-refractivity contribution in [2.24, 2.45) is 0 Å². The predicted molar refractivity (Wildman–Crippen MR) is 357 cm³/mol. The van der Waals surface area contributed by atoms with Gasteiger partial charge >= 0.3 is 17.9 Å². The summed E-state index contributed by atoms with van der Waals surface area (Å²) in [5, 5.41) is 0. The Morgan fingerprint density at radius 3 is 0.744 bits per heavy atom. The molecule has 0 aromatic rings. The van der Waals surface area contributed by atoms with E-state index in [0.717, 1.165) is 103 Å². The van der Waals surface area contributed by atoms with Gasteiger partial charge in [0.2, 0.25) is 0 Å². The average Bonchev–Trinajstić information content (AvgIpc) is 3.47. The van der Waals surface area contributed by atoms with Crippen LogP contribution >= 0.6 is 0 Å². The Bertz CT molecular complexity index is 1640. The molecule has 0 aliphatic rings. The van der Waals surface area contributed by atoms with Crippen LogP contribution in [0.2, 0.25) is 0 Å². The van der Waals surface area contributed by atoms with E-state index in [2.05, 4.69) is 130 Å². The molecule has 0 aliphatic heterocycles. The van der Waals surface area contributed by atoms with Crippen LogP contribution < -0.4 is 0 Å². The summed E-state index contributed by atoms with van der Waals surface area (Å²) in [6.45, 7) is 6.52. The molecule has 82 heavy (non-hydrogen) atoms. The Labute approximate surface area is 508 Å². The van der Waals surface area contributed by atoms with Crippen molar-refractivity contribution in [2.75, 3.05) is 13.2 Å². The van der Waals surface area contributed by atoms with Crippen LogP contribution in [0, 0.1) is 0 Å². The summed E-state index contributed by atoms with van der Waals surface area (Å²) in [5.41, 5.74) is 0. The number of ether oxygens (including phenoxy) is 3. The molecule has 0 fully saturated rings. The number of carbonyl (C=O) groups excluding carboxylic acids is 3. The van der Waals surface area contributed by atoms with Crippen LogP contribution in [-0.4, -0.2) is 37.2 Å². The van der Waals surface area contributed by atoms with E-state index in [0.29, 0.717) is 19.3 Å². The molecule has 0 amide bonds. The Hall–Kier alpha value is -3.93. The molecule has 0 spiro atoms. The molecule has 0 saturated heterocycles. The van der Waals surface area contributed by atoms with Crippen molar-refractivity contribution in [1.29, 1.82) is 0 Å². The highest BCUT2D eigenvalue weighted by Crippen LogP contribution is 2.17. The van der Waals surface area contributed by atoms with Gasteiger partial charge in [0.25, 0.3) is 0 Å². The van der Waals surface area contributed by atoms with Crippen LogP contribution in [0.4, 0.5) is 0 Å². The summed E-state index contributed by atoms with van der Waals surface area (Å²) in [7, 11) is 0. The fraction of sp³-hybridized carbons (Fsp3) is 0.724. The maximum atomic E-state index is 12.9. The number of rotatable bonds is 63. The molecular weight excluding hydrogens is 1010 g/mol. The van der Waals surface area contributed by atoms with E-state index in [-0.39, 0.29) is 37.5 Å². The van der Waals surface area contributed by atoms with Gasteiger partial charge in [-0.2, -0.15) is 0 Å². The summed E-state index contributed by atoms with van der Waals surface area (Å²) >= 11 is 0. The minimum Gasteiger partial charge on any atom is -0.462 e. The maximum Gasteiger partial charge on any atom is 0.306 e. The van der Waals surface area contributed by atoms with Crippen molar-refractivity contribution < 1.29 is 28.6 Å². The first kappa shape index (κ1) is 78.1. The molecule has 0 saturated carbocycles. The Morgan fingerprint density at radius 1 is 0.256 bits per heavy atom. The first-order valence-corrected chi connectivity index (χ1v) is 34.9. The fourth-order valence-corrected chi connectivity index (χ4v) is 9.86. The third-order valence-corrected chi connectivity index (χ3v) is 15.0. The summed E-state index contributed by atoms with van der Waals surface area (Å²) < 4.78 is 16.9. The van der Waals surface area contributed by atoms with Gasteiger partial charge in [0.1, 0.15) is 13.2 Å². The third-order valence-electron chi connectivity index (χ3n) is 15.0. The van der Waals surface area contributed by atoms with E-state index in [1.54, 1.807) is 0 Å². The molecular formula is C76H130O6. The molecule has 0 heterocycles. The van der Waals surface area contributed by atoms with Gasteiger partial charge in [0.15, 0.2) is 6.10 Å². The number of carbonyl (C=O) groups is 3. The molecule has 0 aromatic heterocycles. The molecule has 0 rings (SSSR count). The fourth-order valence-electron chi connectivity index (χ4n) is 9.86. The number of hydrogen-bond acceptors (Lipinski definition) is 6. The van der Waals surface area contributed by atoms with Crippen LogP contribution in [0.25, 0.3) is 0 Å². The van der Waals surface area contributed by atoms with Crippen LogP contribution in [0.15, 0.2) is 109 Å². The summed E-state index contributed by atoms with van der Waals surface area (Å²) in [5.74, 6) is -0.940. The molecule has 0 radical (unpaired) electrons. The Balaban J connectivity index is 4.37. The molecule has 470 valence electrons. The molecule has 0 aliphatic carbocycles. The van der Waals surface area contributed by atoms with E-state index in [1.165, 1.54) is 186 Å². The summed E-state index contributed by atoms with van der Waals surface area (Å²) in [6, 6.07) is 0. The molecule has 0 bridgehead atoms. The lowest BCUT2D eigenvalue weighted by Crippen LogP contribution is -2.30. The number of unbranched alkanes of at least 4 members (excludes halogenated alkanes) is 34. The first-order valence-electron chi connectivity index (χ1n) is 34.9. The van der Waals surface area contributed by atoms with E-state index in [1.807, 2.05) is 0 Å². The van der Waals surface area contributed by atoms with Crippen molar-refractivity contribution in [3.63, 3.8) is 0 Å². The topological polar surface area (TPSA) is 78.9 Å². The average molecular weight is 1140 g/mol. The van der Waals surface area contributed by atoms with Gasteiger partial charge in [-0.1, -0.05) is 342 Å². The van der Waals surface area contributed by atoms with E-state index >= 15 is 0 Å². The predicted octanol–water partition coefficient (Wildman–Crippen LogP) is 24.2. The number of allylic oxidation sites excluding steroid dienone is 18. The zero-order chi connectivity index (χ0) is 59.2. The van der Waals surface area contributed by atoms with E-state index in [9.17, 15) is 14.4 Å². The van der Waals surface area contributed by atoms with E-state index in [4.69, 9.17) is 14.2 Å². The second kappa shape index (κ2) is 69.6. The Morgan fingerprint density at radius 2 is 0.476 bits per heavy atom. The quantitative estimate of drug-likeness (QED) is 0.0261. The molecule has 0 aromatic carbocycles. The van der Waals surface area contributed by atoms with Crippen LogP contribution in [0.3, 0.4) is 0 Å². The zero-order valence-corrected chi connectivity index (χ0v) is 54.0. The third kappa shape index (κ3) is 66.9. The molecule has 6 heteroatoms.